The molecule has 2 amide bonds. The second kappa shape index (κ2) is 16.1. The number of aromatic nitrogens is 1. The van der Waals surface area contributed by atoms with Gasteiger partial charge in [-0.3, -0.25) is 19.6 Å². The first-order valence-corrected chi connectivity index (χ1v) is 16.0. The van der Waals surface area contributed by atoms with Crippen LogP contribution in [0.25, 0.3) is 10.8 Å². The molecule has 3 aromatic carbocycles. The van der Waals surface area contributed by atoms with Crippen molar-refractivity contribution in [3.63, 3.8) is 0 Å². The Bertz CT molecular complexity index is 1890. The number of nitrogens with two attached hydrogens (primary N) is 1. The summed E-state index contributed by atoms with van der Waals surface area (Å²) in [7, 11) is -3.61. The second-order valence-corrected chi connectivity index (χ2v) is 12.4. The molecule has 4 rings (SSSR count). The summed E-state index contributed by atoms with van der Waals surface area (Å²) in [6, 6.07) is 18.0. The van der Waals surface area contributed by atoms with Crippen LogP contribution < -0.4 is 26.2 Å². The molecule has 12 nitrogen and oxygen atoms in total. The number of carboxylic acid groups (broad SMARTS) is 1. The minimum atomic E-state index is -5.08. The van der Waals surface area contributed by atoms with Crippen LogP contribution in [0.4, 0.5) is 24.5 Å². The lowest BCUT2D eigenvalue weighted by Crippen LogP contribution is -2.44. The van der Waals surface area contributed by atoms with E-state index in [1.807, 2.05) is 25.1 Å². The lowest BCUT2D eigenvalue weighted by molar-refractivity contribution is -0.192. The van der Waals surface area contributed by atoms with E-state index < -0.39 is 33.9 Å². The van der Waals surface area contributed by atoms with E-state index in [1.54, 1.807) is 55.7 Å². The zero-order valence-corrected chi connectivity index (χ0v) is 26.9. The summed E-state index contributed by atoms with van der Waals surface area (Å²) >= 11 is 0. The lowest BCUT2D eigenvalue weighted by Gasteiger charge is -2.29. The van der Waals surface area contributed by atoms with Crippen LogP contribution in [0.2, 0.25) is 0 Å². The van der Waals surface area contributed by atoms with Gasteiger partial charge in [-0.1, -0.05) is 25.1 Å². The molecule has 0 radical (unpaired) electrons. The number of sulfone groups is 1. The molecule has 0 fully saturated rings. The highest BCUT2D eigenvalue weighted by Crippen LogP contribution is 2.30. The Labute approximate surface area is 274 Å². The molecule has 256 valence electrons. The van der Waals surface area contributed by atoms with Gasteiger partial charge in [0.25, 0.3) is 0 Å². The number of alkyl halides is 3. The van der Waals surface area contributed by atoms with Crippen LogP contribution in [0.1, 0.15) is 37.9 Å². The Kier molecular flexibility index (Phi) is 12.5. The third kappa shape index (κ3) is 9.89. The fourth-order valence-corrected chi connectivity index (χ4v) is 5.61. The molecule has 48 heavy (non-hydrogen) atoms. The average molecular weight is 690 g/mol. The largest absolute Gasteiger partial charge is 0.494 e. The molecule has 1 aromatic heterocycles. The Balaban J connectivity index is 0.000000804. The van der Waals surface area contributed by atoms with E-state index in [1.165, 1.54) is 24.1 Å². The number of carbonyl (C=O) groups is 3. The summed E-state index contributed by atoms with van der Waals surface area (Å²) in [5.74, 6) is 3.58. The summed E-state index contributed by atoms with van der Waals surface area (Å²) in [5, 5.41) is 15.8. The maximum atomic E-state index is 13.9. The smallest absolute Gasteiger partial charge is 0.490 e. The van der Waals surface area contributed by atoms with Gasteiger partial charge < -0.3 is 20.5 Å². The molecule has 16 heteroatoms. The maximum absolute atomic E-state index is 13.9. The number of hydrogen-bond donors (Lipinski definition) is 4. The molecule has 0 aliphatic carbocycles. The number of anilines is 2. The van der Waals surface area contributed by atoms with Crippen molar-refractivity contribution in [1.29, 1.82) is 0 Å². The quantitative estimate of drug-likeness (QED) is 0.127. The fraction of sp³-hybridized carbons (Fsp3) is 0.250. The van der Waals surface area contributed by atoms with Gasteiger partial charge in [0, 0.05) is 36.9 Å². The highest BCUT2D eigenvalue weighted by atomic mass is 32.2. The number of nitrogens with zero attached hydrogens (tertiary/aromatic N) is 2. The van der Waals surface area contributed by atoms with E-state index >= 15 is 0 Å². The Morgan fingerprint density at radius 2 is 1.73 bits per heavy atom. The topological polar surface area (TPSA) is 181 Å². The van der Waals surface area contributed by atoms with Crippen LogP contribution in [-0.2, 0) is 30.8 Å². The zero-order valence-electron chi connectivity index (χ0n) is 26.1. The van der Waals surface area contributed by atoms with Crippen LogP contribution >= 0.6 is 0 Å². The number of ether oxygens (including phenoxy) is 1. The third-order valence-electron chi connectivity index (χ3n) is 6.73. The number of hydrogen-bond acceptors (Lipinski definition) is 9. The van der Waals surface area contributed by atoms with E-state index in [0.717, 1.165) is 10.8 Å². The molecule has 1 heterocycles. The van der Waals surface area contributed by atoms with Crippen molar-refractivity contribution in [2.75, 3.05) is 22.7 Å². The Hall–Kier alpha value is -5.22. The molecule has 1 unspecified atom stereocenters. The van der Waals surface area contributed by atoms with Gasteiger partial charge in [0.1, 0.15) is 11.8 Å². The molecule has 1 atom stereocenters. The van der Waals surface area contributed by atoms with E-state index in [9.17, 15) is 31.2 Å². The summed E-state index contributed by atoms with van der Waals surface area (Å²) in [6.07, 6.45) is -1.66. The highest BCUT2D eigenvalue weighted by molar-refractivity contribution is 7.91. The maximum Gasteiger partial charge on any atom is 0.490 e. The van der Waals surface area contributed by atoms with Crippen molar-refractivity contribution in [2.45, 2.75) is 44.4 Å². The SMILES string of the molecule is CCOc1cccc(C(C(=O)NCc2cc(NC(C)=O)ccc2S(=O)(=O)CC)N(N)c2ccc3cnccc3c2)c1.O=C(O)C(F)(F)F. The number of carboxylic acids is 1. The third-order valence-corrected chi connectivity index (χ3v) is 8.55. The number of benzene rings is 3. The van der Waals surface area contributed by atoms with E-state index in [-0.39, 0.29) is 23.1 Å². The number of fused-ring (bicyclic) bond motifs is 1. The van der Waals surface area contributed by atoms with Gasteiger partial charge in [0.2, 0.25) is 11.8 Å². The van der Waals surface area contributed by atoms with Crippen LogP contribution in [0.15, 0.2) is 84.0 Å². The van der Waals surface area contributed by atoms with Crippen molar-refractivity contribution in [1.82, 2.24) is 10.3 Å². The predicted molar refractivity (Wildman–Crippen MR) is 173 cm³/mol. The summed E-state index contributed by atoms with van der Waals surface area (Å²) in [4.78, 5) is 38.6. The fourth-order valence-electron chi connectivity index (χ4n) is 4.50. The standard InChI is InChI=1S/C30H33N5O5S.C2HF3O2/c1-4-40-27-8-6-7-22(17-27)29(35(31)26-11-9-23-18-32-14-13-21(23)16-26)30(37)33-19-24-15-25(34-20(3)36)10-12-28(24)41(38,39)5-2;3-2(4,5)1(6)7/h6-18,29H,4-5,19,31H2,1-3H3,(H,33,37)(H,34,36);(H,6,7). The van der Waals surface area contributed by atoms with Crippen LogP contribution in [-0.4, -0.2) is 54.8 Å². The monoisotopic (exact) mass is 689 g/mol. The van der Waals surface area contributed by atoms with E-state index in [0.29, 0.717) is 34.9 Å². The Morgan fingerprint density at radius 1 is 1.02 bits per heavy atom. The van der Waals surface area contributed by atoms with Crippen LogP contribution in [0.3, 0.4) is 0 Å². The van der Waals surface area contributed by atoms with Gasteiger partial charge in [-0.25, -0.2) is 19.1 Å². The van der Waals surface area contributed by atoms with Gasteiger partial charge in [-0.05, 0) is 72.0 Å². The zero-order chi connectivity index (χ0) is 35.6. The highest BCUT2D eigenvalue weighted by Gasteiger charge is 2.38. The van der Waals surface area contributed by atoms with Gasteiger partial charge in [-0.15, -0.1) is 0 Å². The number of nitrogens with one attached hydrogen (secondary N) is 2. The molecule has 0 saturated heterocycles. The van der Waals surface area contributed by atoms with E-state index in [2.05, 4.69) is 15.6 Å². The van der Waals surface area contributed by atoms with Gasteiger partial charge >= 0.3 is 12.1 Å². The molecule has 4 aromatic rings. The van der Waals surface area contributed by atoms with Gasteiger partial charge in [0.15, 0.2) is 9.84 Å². The molecule has 0 aliphatic rings. The van der Waals surface area contributed by atoms with Crippen molar-refractivity contribution in [3.05, 3.63) is 90.3 Å². The number of pyridine rings is 1. The molecular formula is C32H34F3N5O7S. The first kappa shape index (κ1) is 37.2. The second-order valence-electron chi connectivity index (χ2n) is 10.2. The normalized spacial score (nSPS) is 11.9. The molecule has 5 N–H and O–H groups in total. The molecular weight excluding hydrogens is 655 g/mol. The number of hydrazine groups is 1. The van der Waals surface area contributed by atoms with Gasteiger partial charge in [0.05, 0.1) is 22.9 Å². The predicted octanol–water partition coefficient (Wildman–Crippen LogP) is 4.76. The molecule has 0 bridgehead atoms. The van der Waals surface area contributed by atoms with Crippen molar-refractivity contribution < 1.29 is 45.8 Å². The Morgan fingerprint density at radius 3 is 2.35 bits per heavy atom. The lowest BCUT2D eigenvalue weighted by atomic mass is 10.0. The number of halogens is 3. The first-order valence-electron chi connectivity index (χ1n) is 14.4. The van der Waals surface area contributed by atoms with E-state index in [4.69, 9.17) is 20.5 Å². The number of rotatable bonds is 11. The van der Waals surface area contributed by atoms with Gasteiger partial charge in [-0.2, -0.15) is 13.2 Å². The molecule has 0 aliphatic heterocycles. The summed E-state index contributed by atoms with van der Waals surface area (Å²) < 4.78 is 63.0. The van der Waals surface area contributed by atoms with Crippen molar-refractivity contribution >= 4 is 49.8 Å². The summed E-state index contributed by atoms with van der Waals surface area (Å²) in [5.41, 5.74) is 1.94. The van der Waals surface area contributed by atoms with Crippen molar-refractivity contribution in [3.8, 4) is 5.75 Å². The minimum absolute atomic E-state index is 0.0806. The molecule has 0 spiro atoms. The first-order chi connectivity index (χ1) is 22.6. The average Bonchev–Trinajstić information content (AvgIpc) is 3.03. The van der Waals surface area contributed by atoms with Crippen LogP contribution in [0, 0.1) is 0 Å². The van der Waals surface area contributed by atoms with Crippen molar-refractivity contribution in [2.24, 2.45) is 5.84 Å². The summed E-state index contributed by atoms with van der Waals surface area (Å²) in [6.45, 7) is 5.11. The van der Waals surface area contributed by atoms with Crippen LogP contribution in [0.5, 0.6) is 5.75 Å². The number of aliphatic carboxylic acids is 1. The minimum Gasteiger partial charge on any atom is -0.494 e. The number of carbonyl (C=O) groups excluding carboxylic acids is 2. The number of amides is 2. The molecule has 0 saturated carbocycles.